The lowest BCUT2D eigenvalue weighted by Gasteiger charge is -2.29. The molecule has 21 heavy (non-hydrogen) atoms. The second-order valence-electron chi connectivity index (χ2n) is 7.63. The van der Waals surface area contributed by atoms with Crippen LogP contribution in [0.15, 0.2) is 0 Å². The van der Waals surface area contributed by atoms with Crippen molar-refractivity contribution in [1.29, 1.82) is 0 Å². The molecule has 0 aromatic rings. The Bertz CT molecular complexity index is 494. The quantitative estimate of drug-likeness (QED) is 0.725. The lowest BCUT2D eigenvalue weighted by Crippen LogP contribution is -2.44. The Morgan fingerprint density at radius 3 is 2.33 bits per heavy atom. The first-order valence-electron chi connectivity index (χ1n) is 8.71. The predicted octanol–water partition coefficient (Wildman–Crippen LogP) is 2.54. The highest BCUT2D eigenvalue weighted by Crippen LogP contribution is 2.43. The monoisotopic (exact) mass is 313 g/mol. The van der Waals surface area contributed by atoms with Crippen molar-refractivity contribution in [3.8, 4) is 0 Å². The van der Waals surface area contributed by atoms with Crippen LogP contribution in [0.4, 0.5) is 0 Å². The van der Waals surface area contributed by atoms with Crippen molar-refractivity contribution in [3.05, 3.63) is 0 Å². The smallest absolute Gasteiger partial charge is 0.217 e. The number of rotatable bonds is 7. The van der Waals surface area contributed by atoms with Gasteiger partial charge in [0, 0.05) is 12.1 Å². The molecule has 0 amide bonds. The van der Waals surface area contributed by atoms with Gasteiger partial charge < -0.3 is 4.74 Å². The van der Waals surface area contributed by atoms with E-state index in [0.29, 0.717) is 12.0 Å². The van der Waals surface area contributed by atoms with Crippen LogP contribution in [0.2, 0.25) is 0 Å². The topological polar surface area (TPSA) is 46.6 Å². The van der Waals surface area contributed by atoms with Gasteiger partial charge in [-0.05, 0) is 70.1 Å². The standard InChI is InChI=1S/C16H27NO3S/c1-11(12-2-3-12)17(14-6-7-14)21(18,19)10-15-8-9-16(20-15)13-4-5-13/h11-16H,2-10H2,1H3. The average Bonchev–Trinajstić information content (AvgIpc) is 3.28. The average molecular weight is 313 g/mol. The highest BCUT2D eigenvalue weighted by atomic mass is 32.2. The molecule has 4 rings (SSSR count). The molecule has 120 valence electrons. The Morgan fingerprint density at radius 2 is 1.76 bits per heavy atom. The van der Waals surface area contributed by atoms with Gasteiger partial charge in [-0.1, -0.05) is 0 Å². The van der Waals surface area contributed by atoms with E-state index in [1.807, 2.05) is 4.31 Å². The Morgan fingerprint density at radius 1 is 1.05 bits per heavy atom. The molecule has 1 heterocycles. The van der Waals surface area contributed by atoms with Crippen molar-refractivity contribution in [1.82, 2.24) is 4.31 Å². The zero-order valence-electron chi connectivity index (χ0n) is 12.9. The van der Waals surface area contributed by atoms with Crippen LogP contribution in [0, 0.1) is 11.8 Å². The summed E-state index contributed by atoms with van der Waals surface area (Å²) in [7, 11) is -3.17. The maximum absolute atomic E-state index is 12.9. The van der Waals surface area contributed by atoms with E-state index in [1.165, 1.54) is 25.7 Å². The number of hydrogen-bond donors (Lipinski definition) is 0. The van der Waals surface area contributed by atoms with Crippen LogP contribution in [-0.2, 0) is 14.8 Å². The van der Waals surface area contributed by atoms with Crippen LogP contribution < -0.4 is 0 Å². The summed E-state index contributed by atoms with van der Waals surface area (Å²) < 4.78 is 33.6. The second-order valence-corrected chi connectivity index (χ2v) is 9.55. The number of ether oxygens (including phenoxy) is 1. The summed E-state index contributed by atoms with van der Waals surface area (Å²) in [5, 5.41) is 0. The fourth-order valence-electron chi connectivity index (χ4n) is 3.92. The molecular weight excluding hydrogens is 286 g/mol. The van der Waals surface area contributed by atoms with Gasteiger partial charge in [0.15, 0.2) is 0 Å². The summed E-state index contributed by atoms with van der Waals surface area (Å²) in [5.74, 6) is 1.54. The second kappa shape index (κ2) is 5.20. The molecule has 0 aromatic carbocycles. The fraction of sp³-hybridized carbons (Fsp3) is 1.00. The molecule has 3 aliphatic carbocycles. The Labute approximate surface area is 128 Å². The molecule has 5 heteroatoms. The van der Waals surface area contributed by atoms with Crippen LogP contribution >= 0.6 is 0 Å². The molecule has 0 spiro atoms. The molecular formula is C16H27NO3S. The minimum absolute atomic E-state index is 0.0618. The van der Waals surface area contributed by atoms with Crippen molar-refractivity contribution >= 4 is 10.0 Å². The summed E-state index contributed by atoms with van der Waals surface area (Å²) in [6.07, 6.45) is 9.32. The fourth-order valence-corrected chi connectivity index (χ4v) is 6.15. The molecule has 4 aliphatic rings. The normalized spacial score (nSPS) is 35.3. The lowest BCUT2D eigenvalue weighted by atomic mass is 10.1. The molecule has 1 saturated heterocycles. The SMILES string of the molecule is CC(C1CC1)N(C1CC1)S(=O)(=O)CC1CCC(C2CC2)O1. The van der Waals surface area contributed by atoms with E-state index >= 15 is 0 Å². The van der Waals surface area contributed by atoms with Gasteiger partial charge in [0.1, 0.15) is 0 Å². The third-order valence-electron chi connectivity index (χ3n) is 5.62. The van der Waals surface area contributed by atoms with E-state index in [-0.39, 0.29) is 23.9 Å². The van der Waals surface area contributed by atoms with Gasteiger partial charge in [-0.25, -0.2) is 8.42 Å². The Balaban J connectivity index is 1.41. The molecule has 3 atom stereocenters. The highest BCUT2D eigenvalue weighted by Gasteiger charge is 2.47. The predicted molar refractivity (Wildman–Crippen MR) is 81.5 cm³/mol. The van der Waals surface area contributed by atoms with Gasteiger partial charge in [-0.3, -0.25) is 0 Å². The van der Waals surface area contributed by atoms with Gasteiger partial charge in [0.05, 0.1) is 18.0 Å². The summed E-state index contributed by atoms with van der Waals surface area (Å²) in [4.78, 5) is 0. The number of nitrogens with zero attached hydrogens (tertiary/aromatic N) is 1. The zero-order chi connectivity index (χ0) is 14.6. The van der Waals surface area contributed by atoms with Gasteiger partial charge in [0.25, 0.3) is 0 Å². The zero-order valence-corrected chi connectivity index (χ0v) is 13.7. The van der Waals surface area contributed by atoms with E-state index < -0.39 is 10.0 Å². The Hall–Kier alpha value is -0.130. The maximum atomic E-state index is 12.9. The molecule has 0 N–H and O–H groups in total. The van der Waals surface area contributed by atoms with Gasteiger partial charge in [0.2, 0.25) is 10.0 Å². The Kier molecular flexibility index (Phi) is 3.58. The van der Waals surface area contributed by atoms with E-state index in [1.54, 1.807) is 0 Å². The van der Waals surface area contributed by atoms with Gasteiger partial charge in [-0.2, -0.15) is 4.31 Å². The van der Waals surface area contributed by atoms with Crippen molar-refractivity contribution in [2.75, 3.05) is 5.75 Å². The van der Waals surface area contributed by atoms with Crippen molar-refractivity contribution in [2.24, 2.45) is 11.8 Å². The van der Waals surface area contributed by atoms with E-state index in [0.717, 1.165) is 31.6 Å². The minimum atomic E-state index is -3.17. The number of hydrogen-bond acceptors (Lipinski definition) is 3. The molecule has 3 unspecified atom stereocenters. The van der Waals surface area contributed by atoms with Crippen molar-refractivity contribution < 1.29 is 13.2 Å². The lowest BCUT2D eigenvalue weighted by molar-refractivity contribution is 0.0438. The summed E-state index contributed by atoms with van der Waals surface area (Å²) in [5.41, 5.74) is 0. The molecule has 0 aromatic heterocycles. The van der Waals surface area contributed by atoms with Gasteiger partial charge in [-0.15, -0.1) is 0 Å². The number of sulfonamides is 1. The first-order valence-corrected chi connectivity index (χ1v) is 10.3. The van der Waals surface area contributed by atoms with E-state index in [9.17, 15) is 8.42 Å². The summed E-state index contributed by atoms with van der Waals surface area (Å²) in [6.45, 7) is 2.11. The van der Waals surface area contributed by atoms with Crippen LogP contribution in [0.3, 0.4) is 0 Å². The maximum Gasteiger partial charge on any atom is 0.217 e. The first kappa shape index (κ1) is 14.5. The molecule has 0 radical (unpaired) electrons. The highest BCUT2D eigenvalue weighted by molar-refractivity contribution is 7.89. The molecule has 3 saturated carbocycles. The third-order valence-corrected chi connectivity index (χ3v) is 7.68. The van der Waals surface area contributed by atoms with Crippen LogP contribution in [0.1, 0.15) is 58.3 Å². The van der Waals surface area contributed by atoms with Crippen LogP contribution in [0.5, 0.6) is 0 Å². The summed E-state index contributed by atoms with van der Waals surface area (Å²) >= 11 is 0. The molecule has 1 aliphatic heterocycles. The van der Waals surface area contributed by atoms with E-state index in [2.05, 4.69) is 6.92 Å². The largest absolute Gasteiger partial charge is 0.374 e. The minimum Gasteiger partial charge on any atom is -0.374 e. The summed E-state index contributed by atoms with van der Waals surface area (Å²) in [6, 6.07) is 0.481. The third kappa shape index (κ3) is 3.15. The van der Waals surface area contributed by atoms with Crippen LogP contribution in [0.25, 0.3) is 0 Å². The molecule has 4 nitrogen and oxygen atoms in total. The van der Waals surface area contributed by atoms with E-state index in [4.69, 9.17) is 4.74 Å². The van der Waals surface area contributed by atoms with Crippen LogP contribution in [-0.4, -0.2) is 42.8 Å². The molecule has 0 bridgehead atoms. The van der Waals surface area contributed by atoms with Crippen molar-refractivity contribution in [2.45, 2.75) is 82.6 Å². The van der Waals surface area contributed by atoms with Crippen molar-refractivity contribution in [3.63, 3.8) is 0 Å². The first-order chi connectivity index (χ1) is 10.0. The van der Waals surface area contributed by atoms with Gasteiger partial charge >= 0.3 is 0 Å². The molecule has 4 fully saturated rings.